The van der Waals surface area contributed by atoms with Crippen LogP contribution in [0.5, 0.6) is 0 Å². The Morgan fingerprint density at radius 2 is 0.841 bits per heavy atom. The molecule has 0 bridgehead atoms. The van der Waals surface area contributed by atoms with Crippen molar-refractivity contribution in [3.05, 3.63) is 0 Å². The van der Waals surface area contributed by atoms with Crippen molar-refractivity contribution in [2.24, 2.45) is 0 Å². The zero-order valence-corrected chi connectivity index (χ0v) is 51.7. The number of amides is 8. The molecule has 17 atom stereocenters. The van der Waals surface area contributed by atoms with E-state index in [0.717, 1.165) is 0 Å². The van der Waals surface area contributed by atoms with E-state index < -0.39 is 165 Å². The van der Waals surface area contributed by atoms with E-state index in [4.69, 9.17) is 28.4 Å². The number of hydrogen-bond acceptors (Lipinski definition) is 23. The number of aliphatic hydroxyl groups is 9. The highest BCUT2D eigenvalue weighted by molar-refractivity contribution is 5.92. The molecule has 3 aliphatic heterocycles. The molecule has 0 saturated carbocycles. The Labute approximate surface area is 514 Å². The maximum Gasteiger partial charge on any atom is 0.243 e. The molecule has 3 aliphatic rings. The zero-order chi connectivity index (χ0) is 65.5. The average molecular weight is 1270 g/mol. The van der Waals surface area contributed by atoms with Crippen LogP contribution in [-0.2, 0) is 66.8 Å². The Bertz CT molecular complexity index is 2130. The average Bonchev–Trinajstić information content (AvgIpc) is 1.99. The van der Waals surface area contributed by atoms with Crippen LogP contribution >= 0.6 is 0 Å². The summed E-state index contributed by atoms with van der Waals surface area (Å²) < 4.78 is 33.7. The molecule has 3 fully saturated rings. The molecule has 3 rings (SSSR count). The fraction of sp³-hybridized carbons (Fsp3) is 0.860. The van der Waals surface area contributed by atoms with Gasteiger partial charge in [-0.25, -0.2) is 0 Å². The molecule has 17 N–H and O–H groups in total. The van der Waals surface area contributed by atoms with Crippen molar-refractivity contribution in [3.8, 4) is 0 Å². The number of carbonyl (C=O) groups excluding carboxylic acids is 8. The monoisotopic (exact) mass is 1270 g/mol. The van der Waals surface area contributed by atoms with Crippen LogP contribution in [0, 0.1) is 0 Å². The van der Waals surface area contributed by atoms with Gasteiger partial charge in [-0.05, 0) is 97.8 Å². The molecule has 0 aromatic rings. The first kappa shape index (κ1) is 77.4. The molecular weight excluding hydrogens is 1160 g/mol. The molecule has 88 heavy (non-hydrogen) atoms. The molecule has 0 aromatic heterocycles. The highest BCUT2D eigenvalue weighted by Crippen LogP contribution is 2.26. The number of hydrogen-bond donors (Lipinski definition) is 17. The maximum absolute atomic E-state index is 14.1. The van der Waals surface area contributed by atoms with Gasteiger partial charge in [-0.3, -0.25) is 38.4 Å². The zero-order valence-electron chi connectivity index (χ0n) is 51.7. The van der Waals surface area contributed by atoms with Gasteiger partial charge in [0.25, 0.3) is 0 Å². The minimum atomic E-state index is -1.51. The van der Waals surface area contributed by atoms with Crippen molar-refractivity contribution in [1.82, 2.24) is 42.5 Å². The van der Waals surface area contributed by atoms with Gasteiger partial charge in [0, 0.05) is 78.5 Å². The molecule has 31 heteroatoms. The highest BCUT2D eigenvalue weighted by Gasteiger charge is 2.48. The summed E-state index contributed by atoms with van der Waals surface area (Å²) in [7, 11) is 0. The molecule has 2 unspecified atom stereocenters. The molecule has 508 valence electrons. The van der Waals surface area contributed by atoms with E-state index in [0.29, 0.717) is 77.0 Å². The van der Waals surface area contributed by atoms with Crippen molar-refractivity contribution >= 4 is 47.3 Å². The summed E-state index contributed by atoms with van der Waals surface area (Å²) in [5.74, 6) is -3.46. The lowest BCUT2D eigenvalue weighted by Gasteiger charge is -2.42. The summed E-state index contributed by atoms with van der Waals surface area (Å²) in [4.78, 5) is 102. The van der Waals surface area contributed by atoms with Crippen LogP contribution in [0.4, 0.5) is 0 Å². The second-order valence-corrected chi connectivity index (χ2v) is 23.6. The van der Waals surface area contributed by atoms with Crippen LogP contribution in [0.1, 0.15) is 151 Å². The lowest BCUT2D eigenvalue weighted by Crippen LogP contribution is -2.64. The van der Waals surface area contributed by atoms with E-state index in [1.165, 1.54) is 20.8 Å². The topological polar surface area (TPSA) is 470 Å². The third kappa shape index (κ3) is 28.1. The van der Waals surface area contributed by atoms with Crippen molar-refractivity contribution < 1.29 is 113 Å². The Balaban J connectivity index is 1.54. The summed E-state index contributed by atoms with van der Waals surface area (Å²) in [5.41, 5.74) is -0.672. The standard InChI is InChI=1S/C57H102N8O23/c1-32(69)60-43-49(78)46(75)37(29-66)87-55(43)84-27-17-8-10-23-42(74)63-35(19-11-14-24-59-41(73)22-13-18-28-85-56-44(61-33(2)70)50(79)47(76)38(30-67)88-56)52(80)64-36(53(81)65-57(4,5)6)20-12-15-25-58-40(72)21-9-7-16-26-83-51-45(62-34(3)71)54(82)86-39(31-68)48(51)77/h35-39,43-51,54-56,66-68,75-79,82H,7-31H2,1-6H3,(H,58,72)(H,59,73)(H,60,69)(H,61,70)(H,62,71)(H,63,74)(H,64,80)(H,65,81)/t35?,36?,37-,38-,39-,43-,44-,45-,46+,47+,48+,49-,50-,51-,54-,55-,56-/m1/s1. The highest BCUT2D eigenvalue weighted by atomic mass is 16.7. The Kier molecular flexibility index (Phi) is 35.9. The predicted molar refractivity (Wildman–Crippen MR) is 310 cm³/mol. The van der Waals surface area contributed by atoms with Crippen molar-refractivity contribution in [2.45, 2.75) is 260 Å². The predicted octanol–water partition coefficient (Wildman–Crippen LogP) is -4.38. The maximum atomic E-state index is 14.1. The van der Waals surface area contributed by atoms with Gasteiger partial charge in [0.2, 0.25) is 47.3 Å². The van der Waals surface area contributed by atoms with E-state index in [9.17, 15) is 84.3 Å². The second kappa shape index (κ2) is 40.8. The Hall–Kier alpha value is -4.84. The Morgan fingerprint density at radius 1 is 0.443 bits per heavy atom. The van der Waals surface area contributed by atoms with E-state index >= 15 is 0 Å². The first-order chi connectivity index (χ1) is 41.7. The number of nitrogens with one attached hydrogen (secondary N) is 8. The van der Waals surface area contributed by atoms with E-state index in [-0.39, 0.29) is 76.8 Å². The first-order valence-electron chi connectivity index (χ1n) is 30.7. The molecule has 3 saturated heterocycles. The van der Waals surface area contributed by atoms with Crippen LogP contribution in [0.2, 0.25) is 0 Å². The van der Waals surface area contributed by atoms with Gasteiger partial charge in [-0.15, -0.1) is 0 Å². The van der Waals surface area contributed by atoms with Gasteiger partial charge in [0.1, 0.15) is 85.1 Å². The SMILES string of the molecule is CC(=O)N[C@@H]1[C@@H](OCCCCCC(=O)NCCCCC(NC(=O)C(CCCCNC(=O)CCCCO[C@@H]2O[C@H](CO)[C@H](O)[C@H](O)[C@H]2NC(C)=O)NC(=O)CCCCCO[C@@H]2O[C@H](CO)[C@H](O)[C@H](O)[C@H]2NC(C)=O)C(=O)NC(C)(C)C)[C@@H](O)[C@@H](CO)O[C@H]1O. The minimum absolute atomic E-state index is 0.00402. The van der Waals surface area contributed by atoms with Gasteiger partial charge < -0.3 is 117 Å². The molecule has 0 spiro atoms. The van der Waals surface area contributed by atoms with Crippen LogP contribution in [-0.4, -0.2) is 256 Å². The molecule has 8 amide bonds. The fourth-order valence-corrected chi connectivity index (χ4v) is 10.1. The van der Waals surface area contributed by atoms with Crippen LogP contribution in [0.3, 0.4) is 0 Å². The fourth-order valence-electron chi connectivity index (χ4n) is 10.1. The molecular formula is C57H102N8O23. The van der Waals surface area contributed by atoms with Crippen molar-refractivity contribution in [1.29, 1.82) is 0 Å². The molecule has 0 aromatic carbocycles. The van der Waals surface area contributed by atoms with Gasteiger partial charge in [-0.1, -0.05) is 12.8 Å². The van der Waals surface area contributed by atoms with E-state index in [2.05, 4.69) is 42.5 Å². The summed E-state index contributed by atoms with van der Waals surface area (Å²) in [6.45, 7) is 8.06. The van der Waals surface area contributed by atoms with Gasteiger partial charge in [0.15, 0.2) is 18.9 Å². The third-order valence-corrected chi connectivity index (χ3v) is 14.8. The van der Waals surface area contributed by atoms with Crippen LogP contribution in [0.25, 0.3) is 0 Å². The Morgan fingerprint density at radius 3 is 1.28 bits per heavy atom. The molecule has 0 aliphatic carbocycles. The molecule has 0 radical (unpaired) electrons. The van der Waals surface area contributed by atoms with E-state index in [1.54, 1.807) is 20.8 Å². The number of carbonyl (C=O) groups is 8. The lowest BCUT2D eigenvalue weighted by molar-refractivity contribution is -0.270. The van der Waals surface area contributed by atoms with Crippen molar-refractivity contribution in [3.63, 3.8) is 0 Å². The van der Waals surface area contributed by atoms with Crippen LogP contribution < -0.4 is 42.5 Å². The third-order valence-electron chi connectivity index (χ3n) is 14.8. The van der Waals surface area contributed by atoms with Gasteiger partial charge >= 0.3 is 0 Å². The molecule has 31 nitrogen and oxygen atoms in total. The number of rotatable bonds is 40. The molecule has 3 heterocycles. The largest absolute Gasteiger partial charge is 0.394 e. The summed E-state index contributed by atoms with van der Waals surface area (Å²) in [5, 5.41) is 113. The lowest BCUT2D eigenvalue weighted by atomic mass is 9.96. The van der Waals surface area contributed by atoms with E-state index in [1.807, 2.05) is 0 Å². The summed E-state index contributed by atoms with van der Waals surface area (Å²) in [6, 6.07) is -5.39. The quantitative estimate of drug-likeness (QED) is 0.0258. The van der Waals surface area contributed by atoms with Gasteiger partial charge in [-0.2, -0.15) is 0 Å². The smallest absolute Gasteiger partial charge is 0.243 e. The first-order valence-corrected chi connectivity index (χ1v) is 30.7. The summed E-state index contributed by atoms with van der Waals surface area (Å²) in [6.07, 6.45) is -9.62. The normalized spacial score (nSPS) is 27.9. The van der Waals surface area contributed by atoms with Crippen LogP contribution in [0.15, 0.2) is 0 Å². The summed E-state index contributed by atoms with van der Waals surface area (Å²) >= 11 is 0. The second-order valence-electron chi connectivity index (χ2n) is 23.6. The number of aliphatic hydroxyl groups excluding tert-OH is 9. The number of ether oxygens (including phenoxy) is 6. The number of unbranched alkanes of at least 4 members (excludes halogenated alkanes) is 7. The van der Waals surface area contributed by atoms with Gasteiger partial charge in [0.05, 0.1) is 19.8 Å². The minimum Gasteiger partial charge on any atom is -0.394 e. The van der Waals surface area contributed by atoms with Crippen molar-refractivity contribution in [2.75, 3.05) is 52.7 Å².